The normalized spacial score (nSPS) is 15.5. The van der Waals surface area contributed by atoms with Gasteiger partial charge in [-0.15, -0.1) is 0 Å². The second-order valence-electron chi connectivity index (χ2n) is 6.95. The Morgan fingerprint density at radius 1 is 0.967 bits per heavy atom. The lowest BCUT2D eigenvalue weighted by atomic mass is 10.1. The average Bonchev–Trinajstić information content (AvgIpc) is 2.76. The van der Waals surface area contributed by atoms with Crippen molar-refractivity contribution in [1.29, 1.82) is 0 Å². The fourth-order valence-electron chi connectivity index (χ4n) is 3.53. The van der Waals surface area contributed by atoms with Gasteiger partial charge in [0, 0.05) is 38.6 Å². The molecule has 3 aromatic rings. The lowest BCUT2D eigenvalue weighted by Gasteiger charge is -2.34. The molecule has 1 amide bonds. The van der Waals surface area contributed by atoms with Gasteiger partial charge in [-0.1, -0.05) is 30.3 Å². The fraction of sp³-hybridized carbons (Fsp3) is 0.250. The van der Waals surface area contributed by atoms with Crippen molar-refractivity contribution in [2.45, 2.75) is 4.90 Å². The molecule has 0 spiro atoms. The zero-order valence-corrected chi connectivity index (χ0v) is 17.0. The highest BCUT2D eigenvalue weighted by Gasteiger charge is 2.33. The number of rotatable bonds is 3. The van der Waals surface area contributed by atoms with E-state index in [9.17, 15) is 22.4 Å². The van der Waals surface area contributed by atoms with E-state index < -0.39 is 15.8 Å². The number of nitrogens with zero attached hydrogens (tertiary/aromatic N) is 4. The minimum atomic E-state index is -3.99. The monoisotopic (exact) mass is 430 g/mol. The van der Waals surface area contributed by atoms with E-state index in [0.29, 0.717) is 10.8 Å². The molecule has 0 atom stereocenters. The van der Waals surface area contributed by atoms with Crippen LogP contribution in [-0.4, -0.2) is 59.5 Å². The topological polar surface area (TPSA) is 92.6 Å². The molecule has 0 unspecified atom stereocenters. The molecule has 1 aliphatic heterocycles. The summed E-state index contributed by atoms with van der Waals surface area (Å²) in [5, 5.41) is 4.97. The third-order valence-electron chi connectivity index (χ3n) is 5.14. The Balaban J connectivity index is 1.58. The van der Waals surface area contributed by atoms with Crippen LogP contribution in [0.4, 0.5) is 4.39 Å². The first-order valence-corrected chi connectivity index (χ1v) is 10.7. The van der Waals surface area contributed by atoms with E-state index in [0.717, 1.165) is 10.7 Å². The van der Waals surface area contributed by atoms with Crippen LogP contribution >= 0.6 is 0 Å². The number of carbonyl (C=O) groups is 1. The third kappa shape index (κ3) is 3.37. The molecule has 1 aromatic heterocycles. The van der Waals surface area contributed by atoms with Crippen LogP contribution in [0.15, 0.2) is 58.2 Å². The molecule has 1 aliphatic rings. The van der Waals surface area contributed by atoms with Crippen LogP contribution in [0.5, 0.6) is 0 Å². The van der Waals surface area contributed by atoms with Crippen LogP contribution in [0.2, 0.25) is 0 Å². The number of hydrogen-bond acceptors (Lipinski definition) is 5. The zero-order valence-electron chi connectivity index (χ0n) is 16.2. The number of fused-ring (bicyclic) bond motifs is 1. The Morgan fingerprint density at radius 3 is 2.23 bits per heavy atom. The van der Waals surface area contributed by atoms with Crippen LogP contribution in [0.3, 0.4) is 0 Å². The number of aryl methyl sites for hydroxylation is 1. The van der Waals surface area contributed by atoms with Crippen molar-refractivity contribution in [3.63, 3.8) is 0 Å². The molecule has 0 radical (unpaired) electrons. The summed E-state index contributed by atoms with van der Waals surface area (Å²) in [5.41, 5.74) is -0.166. The van der Waals surface area contributed by atoms with E-state index in [2.05, 4.69) is 5.10 Å². The Kier molecular flexibility index (Phi) is 5.12. The first kappa shape index (κ1) is 20.2. The van der Waals surface area contributed by atoms with E-state index in [1.165, 1.54) is 34.5 Å². The Bertz CT molecular complexity index is 1300. The second kappa shape index (κ2) is 7.62. The molecule has 2 aromatic carbocycles. The third-order valence-corrected chi connectivity index (χ3v) is 7.07. The van der Waals surface area contributed by atoms with Crippen molar-refractivity contribution in [2.24, 2.45) is 7.05 Å². The molecule has 0 bridgehead atoms. The summed E-state index contributed by atoms with van der Waals surface area (Å²) in [6.45, 7) is 0.328. The summed E-state index contributed by atoms with van der Waals surface area (Å²) in [7, 11) is -2.52. The van der Waals surface area contributed by atoms with Gasteiger partial charge in [0.05, 0.1) is 5.39 Å². The summed E-state index contributed by atoms with van der Waals surface area (Å²) in [5.74, 6) is -1.19. The molecule has 0 saturated carbocycles. The number of amides is 1. The molecule has 2 heterocycles. The number of benzene rings is 2. The predicted octanol–water partition coefficient (Wildman–Crippen LogP) is 1.22. The largest absolute Gasteiger partial charge is 0.335 e. The summed E-state index contributed by atoms with van der Waals surface area (Å²) in [4.78, 5) is 26.5. The van der Waals surface area contributed by atoms with Gasteiger partial charge in [0.1, 0.15) is 10.7 Å². The minimum absolute atomic E-state index is 0.0338. The molecule has 8 nitrogen and oxygen atoms in total. The number of hydrogen-bond donors (Lipinski definition) is 0. The Morgan fingerprint density at radius 2 is 1.57 bits per heavy atom. The predicted molar refractivity (Wildman–Crippen MR) is 108 cm³/mol. The van der Waals surface area contributed by atoms with E-state index in [1.807, 2.05) is 0 Å². The Labute approximate surface area is 172 Å². The van der Waals surface area contributed by atoms with E-state index >= 15 is 0 Å². The molecule has 1 saturated heterocycles. The zero-order chi connectivity index (χ0) is 21.5. The minimum Gasteiger partial charge on any atom is -0.335 e. The smallest absolute Gasteiger partial charge is 0.275 e. The summed E-state index contributed by atoms with van der Waals surface area (Å²) in [6, 6.07) is 11.9. The maximum absolute atomic E-state index is 14.0. The van der Waals surface area contributed by atoms with Crippen LogP contribution in [-0.2, 0) is 17.1 Å². The highest BCUT2D eigenvalue weighted by molar-refractivity contribution is 7.89. The van der Waals surface area contributed by atoms with Crippen molar-refractivity contribution in [2.75, 3.05) is 26.2 Å². The SMILES string of the molecule is Cn1nc(C(=O)N2CCN(S(=O)(=O)c3ccccc3F)CC2)c2ccccc2c1=O. The summed E-state index contributed by atoms with van der Waals surface area (Å²) < 4.78 is 41.8. The maximum Gasteiger partial charge on any atom is 0.275 e. The molecule has 10 heteroatoms. The lowest BCUT2D eigenvalue weighted by molar-refractivity contribution is 0.0691. The summed E-state index contributed by atoms with van der Waals surface area (Å²) >= 11 is 0. The molecule has 0 N–H and O–H groups in total. The van der Waals surface area contributed by atoms with Gasteiger partial charge in [0.25, 0.3) is 11.5 Å². The second-order valence-corrected chi connectivity index (χ2v) is 8.86. The van der Waals surface area contributed by atoms with Crippen molar-refractivity contribution in [3.8, 4) is 0 Å². The van der Waals surface area contributed by atoms with Crippen LogP contribution in [0.25, 0.3) is 10.8 Å². The Hall–Kier alpha value is -3.11. The van der Waals surface area contributed by atoms with Gasteiger partial charge < -0.3 is 4.90 Å². The van der Waals surface area contributed by atoms with Gasteiger partial charge in [0.2, 0.25) is 10.0 Å². The molecule has 4 rings (SSSR count). The van der Waals surface area contributed by atoms with E-state index in [4.69, 9.17) is 0 Å². The maximum atomic E-state index is 14.0. The molecular weight excluding hydrogens is 411 g/mol. The van der Waals surface area contributed by atoms with Crippen LogP contribution < -0.4 is 5.56 Å². The van der Waals surface area contributed by atoms with E-state index in [1.54, 1.807) is 24.3 Å². The van der Waals surface area contributed by atoms with Gasteiger partial charge in [0.15, 0.2) is 5.69 Å². The van der Waals surface area contributed by atoms with E-state index in [-0.39, 0.29) is 48.2 Å². The van der Waals surface area contributed by atoms with Crippen molar-refractivity contribution >= 4 is 26.7 Å². The molecule has 0 aliphatic carbocycles. The van der Waals surface area contributed by atoms with Gasteiger partial charge in [-0.05, 0) is 18.2 Å². The van der Waals surface area contributed by atoms with Gasteiger partial charge in [-0.25, -0.2) is 17.5 Å². The van der Waals surface area contributed by atoms with Crippen molar-refractivity contribution < 1.29 is 17.6 Å². The molecule has 30 heavy (non-hydrogen) atoms. The molecule has 156 valence electrons. The summed E-state index contributed by atoms with van der Waals surface area (Å²) in [6.07, 6.45) is 0. The highest BCUT2D eigenvalue weighted by atomic mass is 32.2. The van der Waals surface area contributed by atoms with Crippen LogP contribution in [0, 0.1) is 5.82 Å². The number of carbonyl (C=O) groups excluding carboxylic acids is 1. The quantitative estimate of drug-likeness (QED) is 0.623. The molecule has 1 fully saturated rings. The van der Waals surface area contributed by atoms with Crippen LogP contribution in [0.1, 0.15) is 10.5 Å². The average molecular weight is 430 g/mol. The molecular formula is C20H19FN4O4S. The fourth-order valence-corrected chi connectivity index (χ4v) is 5.02. The standard InChI is InChI=1S/C20H19FN4O4S/c1-23-19(26)15-7-3-2-6-14(15)18(22-23)20(27)24-10-12-25(13-11-24)30(28,29)17-9-5-4-8-16(17)21/h2-9H,10-13H2,1H3. The number of piperazine rings is 1. The van der Waals surface area contributed by atoms with Gasteiger partial charge >= 0.3 is 0 Å². The van der Waals surface area contributed by atoms with Crippen molar-refractivity contribution in [1.82, 2.24) is 19.0 Å². The lowest BCUT2D eigenvalue weighted by Crippen LogP contribution is -2.51. The first-order valence-electron chi connectivity index (χ1n) is 9.30. The highest BCUT2D eigenvalue weighted by Crippen LogP contribution is 2.22. The number of aromatic nitrogens is 2. The number of halogens is 1. The van der Waals surface area contributed by atoms with Gasteiger partial charge in [-0.3, -0.25) is 9.59 Å². The van der Waals surface area contributed by atoms with Crippen molar-refractivity contribution in [3.05, 3.63) is 70.4 Å². The van der Waals surface area contributed by atoms with Gasteiger partial charge in [-0.2, -0.15) is 9.40 Å². The number of sulfonamides is 1. The first-order chi connectivity index (χ1) is 14.3.